The van der Waals surface area contributed by atoms with Gasteiger partial charge < -0.3 is 20.5 Å². The zero-order valence-corrected chi connectivity index (χ0v) is 20.9. The lowest BCUT2D eigenvalue weighted by molar-refractivity contribution is -0.139. The Bertz CT molecular complexity index is 1310. The summed E-state index contributed by atoms with van der Waals surface area (Å²) in [5.41, 5.74) is 6.99. The smallest absolute Gasteiger partial charge is 0.355 e. The van der Waals surface area contributed by atoms with Crippen LogP contribution in [0, 0.1) is 11.3 Å². The minimum Gasteiger partial charge on any atom is -0.466 e. The average Bonchev–Trinajstić information content (AvgIpc) is 2.87. The zero-order valence-electron chi connectivity index (χ0n) is 20.2. The molecule has 10 heteroatoms. The number of halogens is 1. The molecule has 0 aliphatic carbocycles. The van der Waals surface area contributed by atoms with Gasteiger partial charge in [0.15, 0.2) is 0 Å². The molecule has 9 nitrogen and oxygen atoms in total. The van der Waals surface area contributed by atoms with Crippen molar-refractivity contribution in [2.45, 2.75) is 25.8 Å². The summed E-state index contributed by atoms with van der Waals surface area (Å²) in [5, 5.41) is 13.0. The highest BCUT2D eigenvalue weighted by Crippen LogP contribution is 2.43. The first-order valence-corrected chi connectivity index (χ1v) is 11.3. The molecule has 36 heavy (non-hydrogen) atoms. The fraction of sp³-hybridized carbons (Fsp3) is 0.231. The number of carbonyl (C=O) groups is 3. The predicted molar refractivity (Wildman–Crippen MR) is 134 cm³/mol. The molecule has 0 radical (unpaired) electrons. The predicted octanol–water partition coefficient (Wildman–Crippen LogP) is 3.38. The maximum atomic E-state index is 13.1. The lowest BCUT2D eigenvalue weighted by atomic mass is 9.81. The van der Waals surface area contributed by atoms with E-state index in [4.69, 9.17) is 26.8 Å². The van der Waals surface area contributed by atoms with Crippen LogP contribution < -0.4 is 16.0 Å². The van der Waals surface area contributed by atoms with Crippen molar-refractivity contribution in [3.63, 3.8) is 0 Å². The lowest BCUT2D eigenvalue weighted by Crippen LogP contribution is -2.41. The third-order valence-electron chi connectivity index (χ3n) is 5.48. The molecule has 3 rings (SSSR count). The van der Waals surface area contributed by atoms with Crippen molar-refractivity contribution in [1.29, 1.82) is 5.26 Å². The highest BCUT2D eigenvalue weighted by molar-refractivity contribution is 6.34. The molecule has 0 aromatic heterocycles. The van der Waals surface area contributed by atoms with Crippen LogP contribution in [0.5, 0.6) is 0 Å². The first kappa shape index (κ1) is 26.3. The summed E-state index contributed by atoms with van der Waals surface area (Å²) in [4.78, 5) is 40.2. The van der Waals surface area contributed by atoms with Gasteiger partial charge in [-0.25, -0.2) is 9.59 Å². The molecule has 1 amide bonds. The number of hydrogen-bond acceptors (Lipinski definition) is 8. The first-order chi connectivity index (χ1) is 17.2. The van der Waals surface area contributed by atoms with E-state index in [0.29, 0.717) is 5.56 Å². The molecule has 0 bridgehead atoms. The Hall–Kier alpha value is -4.29. The summed E-state index contributed by atoms with van der Waals surface area (Å²) >= 11 is 6.28. The number of allylic oxidation sites excluding steroid dienone is 1. The fourth-order valence-electron chi connectivity index (χ4n) is 3.95. The lowest BCUT2D eigenvalue weighted by Gasteiger charge is -2.36. The number of nitrogens with one attached hydrogen (secondary N) is 1. The van der Waals surface area contributed by atoms with Crippen LogP contribution in [-0.4, -0.2) is 38.1 Å². The van der Waals surface area contributed by atoms with E-state index in [1.54, 1.807) is 44.2 Å². The van der Waals surface area contributed by atoms with E-state index in [9.17, 15) is 19.6 Å². The maximum absolute atomic E-state index is 13.1. The second-order valence-corrected chi connectivity index (χ2v) is 8.53. The Morgan fingerprint density at radius 1 is 1.08 bits per heavy atom. The SMILES string of the molecule is COC(=O)C1=C(C(=O)OC)N(c2ccc(Cl)c(C(=O)NC(C)C)c2)C(N)=C(C#N)C1c1ccccc1. The van der Waals surface area contributed by atoms with Gasteiger partial charge >= 0.3 is 11.9 Å². The third-order valence-corrected chi connectivity index (χ3v) is 5.81. The molecule has 0 fully saturated rings. The van der Waals surface area contributed by atoms with Gasteiger partial charge in [-0.1, -0.05) is 41.9 Å². The Morgan fingerprint density at radius 3 is 2.28 bits per heavy atom. The molecule has 2 aromatic rings. The molecule has 0 saturated carbocycles. The largest absolute Gasteiger partial charge is 0.466 e. The molecule has 1 aliphatic rings. The van der Waals surface area contributed by atoms with Crippen molar-refractivity contribution in [2.75, 3.05) is 19.1 Å². The molecule has 1 heterocycles. The number of esters is 2. The second-order valence-electron chi connectivity index (χ2n) is 8.13. The summed E-state index contributed by atoms with van der Waals surface area (Å²) in [6.45, 7) is 3.59. The number of methoxy groups -OCH3 is 2. The number of anilines is 1. The molecule has 1 atom stereocenters. The quantitative estimate of drug-likeness (QED) is 0.567. The van der Waals surface area contributed by atoms with E-state index < -0.39 is 23.8 Å². The van der Waals surface area contributed by atoms with Gasteiger partial charge in [-0.2, -0.15) is 5.26 Å². The van der Waals surface area contributed by atoms with Gasteiger partial charge in [0.25, 0.3) is 5.91 Å². The maximum Gasteiger partial charge on any atom is 0.355 e. The highest BCUT2D eigenvalue weighted by Gasteiger charge is 2.43. The summed E-state index contributed by atoms with van der Waals surface area (Å²) in [7, 11) is 2.32. The van der Waals surface area contributed by atoms with Gasteiger partial charge in [-0.3, -0.25) is 9.69 Å². The van der Waals surface area contributed by atoms with E-state index in [1.807, 2.05) is 0 Å². The fourth-order valence-corrected chi connectivity index (χ4v) is 4.15. The van der Waals surface area contributed by atoms with Gasteiger partial charge in [-0.05, 0) is 37.6 Å². The monoisotopic (exact) mass is 508 g/mol. The van der Waals surface area contributed by atoms with Crippen LogP contribution in [0.25, 0.3) is 0 Å². The minimum atomic E-state index is -0.995. The average molecular weight is 509 g/mol. The summed E-state index contributed by atoms with van der Waals surface area (Å²) in [6.07, 6.45) is 0. The van der Waals surface area contributed by atoms with Crippen LogP contribution in [0.2, 0.25) is 5.02 Å². The molecule has 1 unspecified atom stereocenters. The van der Waals surface area contributed by atoms with Crippen LogP contribution in [-0.2, 0) is 19.1 Å². The second kappa shape index (κ2) is 11.0. The summed E-state index contributed by atoms with van der Waals surface area (Å²) in [5.74, 6) is -3.29. The van der Waals surface area contributed by atoms with Crippen LogP contribution >= 0.6 is 11.6 Å². The molecule has 0 saturated heterocycles. The number of amides is 1. The Labute approximate surface area is 213 Å². The van der Waals surface area contributed by atoms with E-state index in [0.717, 1.165) is 7.11 Å². The number of ether oxygens (including phenoxy) is 2. The first-order valence-electron chi connectivity index (χ1n) is 10.9. The number of nitrogens with zero attached hydrogens (tertiary/aromatic N) is 2. The van der Waals surface area contributed by atoms with Gasteiger partial charge in [0.05, 0.1) is 47.9 Å². The van der Waals surface area contributed by atoms with Crippen LogP contribution in [0.4, 0.5) is 5.69 Å². The van der Waals surface area contributed by atoms with Gasteiger partial charge in [0, 0.05) is 11.7 Å². The number of carbonyl (C=O) groups excluding carboxylic acids is 3. The number of nitrogens with two attached hydrogens (primary N) is 1. The molecular formula is C26H25ClN4O5. The van der Waals surface area contributed by atoms with Crippen LogP contribution in [0.3, 0.4) is 0 Å². The molecule has 186 valence electrons. The molecule has 1 aliphatic heterocycles. The van der Waals surface area contributed by atoms with E-state index in [1.165, 1.54) is 30.2 Å². The van der Waals surface area contributed by atoms with Crippen molar-refractivity contribution in [2.24, 2.45) is 5.73 Å². The van der Waals surface area contributed by atoms with Crippen molar-refractivity contribution < 1.29 is 23.9 Å². The number of nitriles is 1. The number of rotatable bonds is 6. The molecule has 0 spiro atoms. The molecule has 2 aromatic carbocycles. The van der Waals surface area contributed by atoms with E-state index >= 15 is 0 Å². The van der Waals surface area contributed by atoms with Gasteiger partial charge in [0.1, 0.15) is 11.5 Å². The Balaban J connectivity index is 2.37. The van der Waals surface area contributed by atoms with Crippen molar-refractivity contribution in [1.82, 2.24) is 5.32 Å². The normalized spacial score (nSPS) is 15.5. The molecular weight excluding hydrogens is 484 g/mol. The zero-order chi connectivity index (χ0) is 26.6. The topological polar surface area (TPSA) is 135 Å². The number of benzene rings is 2. The van der Waals surface area contributed by atoms with Gasteiger partial charge in [-0.15, -0.1) is 0 Å². The van der Waals surface area contributed by atoms with Crippen molar-refractivity contribution in [3.8, 4) is 6.07 Å². The Morgan fingerprint density at radius 2 is 1.72 bits per heavy atom. The standard InChI is InChI=1S/C26H25ClN4O5/c1-14(2)30-24(32)17-12-16(10-11-19(17)27)31-22(26(34)36-4)21(25(33)35-3)20(18(13-28)23(31)29)15-8-6-5-7-9-15/h5-12,14,20H,29H2,1-4H3,(H,30,32). The third kappa shape index (κ3) is 4.90. The Kier molecular flexibility index (Phi) is 8.02. The highest BCUT2D eigenvalue weighted by atomic mass is 35.5. The van der Waals surface area contributed by atoms with Crippen molar-refractivity contribution in [3.05, 3.63) is 87.3 Å². The summed E-state index contributed by atoms with van der Waals surface area (Å²) in [6, 6.07) is 15.0. The van der Waals surface area contributed by atoms with E-state index in [-0.39, 0.29) is 45.0 Å². The van der Waals surface area contributed by atoms with E-state index in [2.05, 4.69) is 11.4 Å². The minimum absolute atomic E-state index is 0.0115. The van der Waals surface area contributed by atoms with Crippen LogP contribution in [0.15, 0.2) is 71.2 Å². The van der Waals surface area contributed by atoms with Crippen LogP contribution in [0.1, 0.15) is 35.7 Å². The van der Waals surface area contributed by atoms with Gasteiger partial charge in [0.2, 0.25) is 0 Å². The molecule has 3 N–H and O–H groups in total. The number of hydrogen-bond donors (Lipinski definition) is 2. The van der Waals surface area contributed by atoms with Crippen molar-refractivity contribution >= 4 is 35.1 Å². The summed E-state index contributed by atoms with van der Waals surface area (Å²) < 4.78 is 10.0.